The summed E-state index contributed by atoms with van der Waals surface area (Å²) in [6.45, 7) is 0. The van der Waals surface area contributed by atoms with Gasteiger partial charge in [-0.05, 0) is 77.2 Å². The van der Waals surface area contributed by atoms with Crippen molar-refractivity contribution >= 4 is 52.2 Å². The number of nitrogens with zero attached hydrogens (tertiary/aromatic N) is 2. The summed E-state index contributed by atoms with van der Waals surface area (Å²) in [5, 5.41) is 21.7. The van der Waals surface area contributed by atoms with E-state index >= 15 is 0 Å². The monoisotopic (exact) mass is 571 g/mol. The Kier molecular flexibility index (Phi) is 9.97. The van der Waals surface area contributed by atoms with E-state index in [2.05, 4.69) is 39.5 Å². The van der Waals surface area contributed by atoms with E-state index in [1.165, 1.54) is 11.8 Å². The Bertz CT molecular complexity index is 1450. The number of carbonyl (C=O) groups is 3. The second-order valence-corrected chi connectivity index (χ2v) is 11.1. The third-order valence-electron chi connectivity index (χ3n) is 6.78. The number of anilines is 1. The zero-order valence-corrected chi connectivity index (χ0v) is 23.9. The van der Waals surface area contributed by atoms with Gasteiger partial charge in [-0.25, -0.2) is 4.99 Å². The Labute approximate surface area is 243 Å². The number of carboxylic acids is 2. The third kappa shape index (κ3) is 8.31. The maximum absolute atomic E-state index is 12.6. The van der Waals surface area contributed by atoms with Crippen molar-refractivity contribution in [1.29, 1.82) is 0 Å². The highest BCUT2D eigenvalue weighted by atomic mass is 32.2. The quantitative estimate of drug-likeness (QED) is 0.167. The molecule has 0 saturated carbocycles. The lowest BCUT2D eigenvalue weighted by Gasteiger charge is -2.12. The average molecular weight is 572 g/mol. The molecule has 1 aliphatic heterocycles. The number of benzene rings is 3. The van der Waals surface area contributed by atoms with Crippen LogP contribution in [0.15, 0.2) is 82.7 Å². The van der Waals surface area contributed by atoms with E-state index in [1.807, 2.05) is 44.4 Å². The summed E-state index contributed by atoms with van der Waals surface area (Å²) in [6, 6.07) is 23.3. The number of aliphatic carboxylic acids is 2. The molecule has 1 fully saturated rings. The molecule has 8 nitrogen and oxygen atoms in total. The van der Waals surface area contributed by atoms with Crippen LogP contribution in [0.1, 0.15) is 49.1 Å². The first-order chi connectivity index (χ1) is 19.7. The molecular weight excluding hydrogens is 538 g/mol. The van der Waals surface area contributed by atoms with Crippen LogP contribution in [0.4, 0.5) is 11.4 Å². The van der Waals surface area contributed by atoms with Crippen molar-refractivity contribution in [3.8, 4) is 11.1 Å². The number of unbranched alkanes of at least 4 members (excludes halogenated alkanes) is 2. The number of aliphatic imine (C=N–C) groups is 1. The summed E-state index contributed by atoms with van der Waals surface area (Å²) in [5.41, 5.74) is 5.53. The normalized spacial score (nSPS) is 15.6. The van der Waals surface area contributed by atoms with Gasteiger partial charge in [0.2, 0.25) is 0 Å². The maximum Gasteiger partial charge on any atom is 0.310 e. The maximum atomic E-state index is 12.6. The molecule has 41 heavy (non-hydrogen) atoms. The first-order valence-corrected chi connectivity index (χ1v) is 14.2. The minimum Gasteiger partial charge on any atom is -0.481 e. The van der Waals surface area contributed by atoms with Crippen LogP contribution < -0.4 is 10.2 Å². The average Bonchev–Trinajstić information content (AvgIpc) is 3.29. The molecule has 0 spiro atoms. The molecule has 1 heterocycles. The topological polar surface area (TPSA) is 119 Å². The second kappa shape index (κ2) is 13.8. The summed E-state index contributed by atoms with van der Waals surface area (Å²) in [4.78, 5) is 42.1. The molecule has 0 aliphatic carbocycles. The van der Waals surface area contributed by atoms with E-state index in [4.69, 9.17) is 5.11 Å². The lowest BCUT2D eigenvalue weighted by molar-refractivity contribution is -0.139. The van der Waals surface area contributed by atoms with Gasteiger partial charge in [0.15, 0.2) is 5.17 Å². The molecule has 212 valence electrons. The van der Waals surface area contributed by atoms with Crippen LogP contribution in [0.25, 0.3) is 17.2 Å². The van der Waals surface area contributed by atoms with Gasteiger partial charge >= 0.3 is 11.9 Å². The smallest absolute Gasteiger partial charge is 0.310 e. The van der Waals surface area contributed by atoms with E-state index in [-0.39, 0.29) is 12.3 Å². The van der Waals surface area contributed by atoms with Gasteiger partial charge in [-0.3, -0.25) is 14.4 Å². The number of rotatable bonds is 12. The Morgan fingerprint density at radius 3 is 2.12 bits per heavy atom. The summed E-state index contributed by atoms with van der Waals surface area (Å²) in [6.07, 6.45) is 4.21. The third-order valence-corrected chi connectivity index (χ3v) is 7.69. The van der Waals surface area contributed by atoms with Crippen LogP contribution >= 0.6 is 11.8 Å². The van der Waals surface area contributed by atoms with Gasteiger partial charge in [-0.15, -0.1) is 0 Å². The van der Waals surface area contributed by atoms with Gasteiger partial charge in [-0.1, -0.05) is 61.4 Å². The number of carbonyl (C=O) groups excluding carboxylic acids is 1. The molecule has 1 saturated heterocycles. The molecular formula is C32H33N3O5S. The molecule has 1 atom stereocenters. The van der Waals surface area contributed by atoms with E-state index in [0.717, 1.165) is 22.4 Å². The first kappa shape index (κ1) is 29.6. The number of carboxylic acid groups (broad SMARTS) is 2. The Morgan fingerprint density at radius 2 is 1.54 bits per heavy atom. The van der Waals surface area contributed by atoms with Gasteiger partial charge in [-0.2, -0.15) is 0 Å². The van der Waals surface area contributed by atoms with Gasteiger partial charge < -0.3 is 20.4 Å². The molecule has 3 N–H and O–H groups in total. The highest BCUT2D eigenvalue weighted by Crippen LogP contribution is 2.30. The number of amidine groups is 1. The largest absolute Gasteiger partial charge is 0.481 e. The van der Waals surface area contributed by atoms with Crippen molar-refractivity contribution < 1.29 is 24.6 Å². The second-order valence-electron chi connectivity index (χ2n) is 10.0. The van der Waals surface area contributed by atoms with Crippen LogP contribution in [-0.4, -0.2) is 47.3 Å². The summed E-state index contributed by atoms with van der Waals surface area (Å²) < 4.78 is 0. The van der Waals surface area contributed by atoms with Gasteiger partial charge in [0.25, 0.3) is 5.91 Å². The Morgan fingerprint density at radius 1 is 0.902 bits per heavy atom. The highest BCUT2D eigenvalue weighted by molar-refractivity contribution is 8.18. The Hall–Kier alpha value is -4.37. The lowest BCUT2D eigenvalue weighted by Crippen LogP contribution is -2.19. The zero-order chi connectivity index (χ0) is 29.4. The first-order valence-electron chi connectivity index (χ1n) is 13.4. The van der Waals surface area contributed by atoms with Gasteiger partial charge in [0, 0.05) is 26.2 Å². The predicted molar refractivity (Wildman–Crippen MR) is 165 cm³/mol. The zero-order valence-electron chi connectivity index (χ0n) is 23.0. The van der Waals surface area contributed by atoms with E-state index < -0.39 is 17.9 Å². The molecule has 4 rings (SSSR count). The molecule has 3 aromatic carbocycles. The van der Waals surface area contributed by atoms with Crippen LogP contribution in [0.3, 0.4) is 0 Å². The van der Waals surface area contributed by atoms with Crippen LogP contribution in [0.5, 0.6) is 0 Å². The van der Waals surface area contributed by atoms with Crippen molar-refractivity contribution in [2.24, 2.45) is 4.99 Å². The van der Waals surface area contributed by atoms with Crippen molar-refractivity contribution in [1.82, 2.24) is 5.32 Å². The predicted octanol–water partition coefficient (Wildman–Crippen LogP) is 6.51. The van der Waals surface area contributed by atoms with Crippen LogP contribution in [0, 0.1) is 0 Å². The lowest BCUT2D eigenvalue weighted by atomic mass is 9.93. The summed E-state index contributed by atoms with van der Waals surface area (Å²) in [5.74, 6) is -2.64. The van der Waals surface area contributed by atoms with Gasteiger partial charge in [0.1, 0.15) is 0 Å². The number of hydrogen-bond donors (Lipinski definition) is 3. The molecule has 1 aliphatic rings. The number of hydrogen-bond acceptors (Lipinski definition) is 6. The van der Waals surface area contributed by atoms with Crippen molar-refractivity contribution in [2.45, 2.75) is 38.0 Å². The SMILES string of the molecule is CN(C)c1ccc(-c2ccc(/C=C3/SC(=Nc4ccc(C(CCCCCC(=O)O)C(=O)O)cc4)NC3=O)cc2)cc1. The molecule has 3 aromatic rings. The molecule has 9 heteroatoms. The molecule has 0 aromatic heterocycles. The van der Waals surface area contributed by atoms with E-state index in [0.29, 0.717) is 47.0 Å². The minimum absolute atomic E-state index is 0.0942. The molecule has 1 unspecified atom stereocenters. The number of amides is 1. The minimum atomic E-state index is -0.911. The van der Waals surface area contributed by atoms with Crippen LogP contribution in [0.2, 0.25) is 0 Å². The van der Waals surface area contributed by atoms with E-state index in [1.54, 1.807) is 24.3 Å². The summed E-state index contributed by atoms with van der Waals surface area (Å²) >= 11 is 1.26. The molecule has 1 amide bonds. The summed E-state index contributed by atoms with van der Waals surface area (Å²) in [7, 11) is 4.02. The van der Waals surface area contributed by atoms with Crippen LogP contribution in [-0.2, 0) is 14.4 Å². The van der Waals surface area contributed by atoms with E-state index in [9.17, 15) is 19.5 Å². The van der Waals surface area contributed by atoms with Crippen molar-refractivity contribution in [2.75, 3.05) is 19.0 Å². The fourth-order valence-corrected chi connectivity index (χ4v) is 5.33. The molecule has 0 bridgehead atoms. The Balaban J connectivity index is 1.37. The van der Waals surface area contributed by atoms with Crippen molar-refractivity contribution in [3.63, 3.8) is 0 Å². The fraction of sp³-hybridized carbons (Fsp3) is 0.250. The number of thioether (sulfide) groups is 1. The standard InChI is InChI=1S/C32H33N3O5S/c1-35(2)26-18-14-23(15-19-26)22-10-8-21(9-11-22)20-28-30(38)34-32(41-28)33-25-16-12-24(13-17-25)27(31(39)40)6-4-3-5-7-29(36)37/h8-20,27H,3-7H2,1-2H3,(H,36,37)(H,39,40)(H,33,34,38)/b28-20+. The molecule has 0 radical (unpaired) electrons. The fourth-order valence-electron chi connectivity index (χ4n) is 4.49. The highest BCUT2D eigenvalue weighted by Gasteiger charge is 2.24. The van der Waals surface area contributed by atoms with Gasteiger partial charge in [0.05, 0.1) is 16.5 Å². The van der Waals surface area contributed by atoms with Crippen molar-refractivity contribution in [3.05, 3.63) is 88.8 Å². The number of nitrogens with one attached hydrogen (secondary N) is 1.